The monoisotopic (exact) mass is 272 g/mol. The van der Waals surface area contributed by atoms with Crippen LogP contribution in [0.3, 0.4) is 0 Å². The minimum Gasteiger partial charge on any atom is -0.328 e. The Bertz CT molecular complexity index is 551. The van der Waals surface area contributed by atoms with Gasteiger partial charge in [-0.3, -0.25) is 10.1 Å². The molecule has 1 aromatic rings. The van der Waals surface area contributed by atoms with Crippen LogP contribution < -0.4 is 10.6 Å². The molecule has 0 spiro atoms. The summed E-state index contributed by atoms with van der Waals surface area (Å²) in [6.07, 6.45) is -3.35. The third-order valence-electron chi connectivity index (χ3n) is 2.29. The van der Waals surface area contributed by atoms with Crippen molar-refractivity contribution in [1.29, 1.82) is 0 Å². The molecule has 0 radical (unpaired) electrons. The van der Waals surface area contributed by atoms with Gasteiger partial charge in [0, 0.05) is 0 Å². The van der Waals surface area contributed by atoms with Crippen molar-refractivity contribution in [3.8, 4) is 0 Å². The van der Waals surface area contributed by atoms with Crippen LogP contribution in [0, 0.1) is 0 Å². The van der Waals surface area contributed by atoms with Gasteiger partial charge in [0.1, 0.15) is 5.70 Å². The Hall–Kier alpha value is -1.89. The summed E-state index contributed by atoms with van der Waals surface area (Å²) in [5, 5.41) is 4.85. The number of hydrogen-bond acceptors (Lipinski definition) is 2. The first kappa shape index (κ1) is 12.6. The van der Waals surface area contributed by atoms with Crippen LogP contribution in [-0.4, -0.2) is 11.0 Å². The summed E-state index contributed by atoms with van der Waals surface area (Å²) in [4.78, 5) is 11.3. The van der Waals surface area contributed by atoms with Crippen molar-refractivity contribution in [1.82, 2.24) is 10.6 Å². The van der Waals surface area contributed by atoms with Crippen molar-refractivity contribution >= 4 is 29.3 Å². The molecule has 1 aliphatic rings. The van der Waals surface area contributed by atoms with E-state index >= 15 is 0 Å². The topological polar surface area (TPSA) is 41.1 Å². The van der Waals surface area contributed by atoms with Crippen LogP contribution in [-0.2, 0) is 11.0 Å². The predicted molar refractivity (Wildman–Crippen MR) is 63.3 cm³/mol. The van der Waals surface area contributed by atoms with Gasteiger partial charge in [-0.15, -0.1) is 0 Å². The smallest absolute Gasteiger partial charge is 0.328 e. The molecule has 94 valence electrons. The van der Waals surface area contributed by atoms with Crippen LogP contribution in [0.2, 0.25) is 0 Å². The highest BCUT2D eigenvalue weighted by Gasteiger charge is 2.33. The molecule has 0 aromatic heterocycles. The van der Waals surface area contributed by atoms with Crippen LogP contribution in [0.4, 0.5) is 13.2 Å². The molecule has 0 unspecified atom stereocenters. The molecule has 0 aliphatic carbocycles. The number of rotatable bonds is 1. The molecule has 3 nitrogen and oxygen atoms in total. The summed E-state index contributed by atoms with van der Waals surface area (Å²) < 4.78 is 38.2. The van der Waals surface area contributed by atoms with Gasteiger partial charge in [0.15, 0.2) is 5.11 Å². The van der Waals surface area contributed by atoms with Crippen LogP contribution in [0.15, 0.2) is 30.0 Å². The van der Waals surface area contributed by atoms with Crippen molar-refractivity contribution in [2.75, 3.05) is 0 Å². The van der Waals surface area contributed by atoms with E-state index in [4.69, 9.17) is 0 Å². The molecule has 2 rings (SSSR count). The lowest BCUT2D eigenvalue weighted by molar-refractivity contribution is -0.137. The second-order valence-corrected chi connectivity index (χ2v) is 3.96. The quantitative estimate of drug-likeness (QED) is 0.607. The average Bonchev–Trinajstić information content (AvgIpc) is 2.57. The van der Waals surface area contributed by atoms with Crippen LogP contribution in [0.1, 0.15) is 11.1 Å². The van der Waals surface area contributed by atoms with Crippen molar-refractivity contribution < 1.29 is 18.0 Å². The number of alkyl halides is 3. The van der Waals surface area contributed by atoms with E-state index in [0.717, 1.165) is 12.1 Å². The highest BCUT2D eigenvalue weighted by Crippen LogP contribution is 2.32. The lowest BCUT2D eigenvalue weighted by atomic mass is 10.1. The first-order valence-corrected chi connectivity index (χ1v) is 5.29. The minimum absolute atomic E-state index is 0.00306. The van der Waals surface area contributed by atoms with E-state index in [1.165, 1.54) is 18.2 Å². The molecule has 1 aromatic carbocycles. The van der Waals surface area contributed by atoms with Gasteiger partial charge < -0.3 is 5.32 Å². The number of carbonyl (C=O) groups excluding carboxylic acids is 1. The number of thiocarbonyl (C=S) groups is 1. The second-order valence-electron chi connectivity index (χ2n) is 3.55. The molecule has 1 heterocycles. The van der Waals surface area contributed by atoms with E-state index in [2.05, 4.69) is 22.9 Å². The Labute approximate surface area is 106 Å². The summed E-state index contributed by atoms with van der Waals surface area (Å²) in [6.45, 7) is 0. The van der Waals surface area contributed by atoms with Crippen molar-refractivity contribution in [3.05, 3.63) is 41.1 Å². The molecular weight excluding hydrogens is 265 g/mol. The zero-order valence-corrected chi connectivity index (χ0v) is 9.65. The molecule has 1 fully saturated rings. The largest absolute Gasteiger partial charge is 0.416 e. The summed E-state index contributed by atoms with van der Waals surface area (Å²) in [6, 6.07) is 4.99. The average molecular weight is 272 g/mol. The van der Waals surface area contributed by atoms with E-state index in [1.54, 1.807) is 0 Å². The predicted octanol–water partition coefficient (Wildman–Crippen LogP) is 2.05. The first-order valence-electron chi connectivity index (χ1n) is 4.88. The Morgan fingerprint density at radius 3 is 2.39 bits per heavy atom. The highest BCUT2D eigenvalue weighted by molar-refractivity contribution is 7.80. The number of carbonyl (C=O) groups is 1. The molecule has 2 N–H and O–H groups in total. The molecular formula is C11H7F3N2OS. The maximum Gasteiger partial charge on any atom is 0.416 e. The summed E-state index contributed by atoms with van der Waals surface area (Å²) >= 11 is 4.69. The maximum absolute atomic E-state index is 12.7. The lowest BCUT2D eigenvalue weighted by Crippen LogP contribution is -2.21. The fourth-order valence-corrected chi connectivity index (χ4v) is 1.72. The van der Waals surface area contributed by atoms with Crippen molar-refractivity contribution in [3.63, 3.8) is 0 Å². The van der Waals surface area contributed by atoms with Gasteiger partial charge >= 0.3 is 6.18 Å². The van der Waals surface area contributed by atoms with Gasteiger partial charge in [0.25, 0.3) is 5.91 Å². The number of amides is 1. The highest BCUT2D eigenvalue weighted by atomic mass is 32.1. The number of halogens is 3. The van der Waals surface area contributed by atoms with Crippen LogP contribution in [0.25, 0.3) is 6.08 Å². The minimum atomic E-state index is -4.47. The molecule has 1 aliphatic heterocycles. The molecule has 0 bridgehead atoms. The third kappa shape index (κ3) is 2.51. The lowest BCUT2D eigenvalue weighted by Gasteiger charge is -2.10. The summed E-state index contributed by atoms with van der Waals surface area (Å²) in [5.41, 5.74) is -0.894. The SMILES string of the molecule is O=C1NC(=S)NC1=Cc1ccccc1C(F)(F)F. The number of nitrogens with one attached hydrogen (secondary N) is 2. The van der Waals surface area contributed by atoms with Gasteiger partial charge in [0.05, 0.1) is 5.56 Å². The fraction of sp³-hybridized carbons (Fsp3) is 0.0909. The standard InChI is InChI=1S/C11H7F3N2OS/c12-11(13,14)7-4-2-1-3-6(7)5-8-9(17)16-10(18)15-8/h1-5H,(H2,15,16,17,18). The van der Waals surface area contributed by atoms with Crippen molar-refractivity contribution in [2.24, 2.45) is 0 Å². The number of benzene rings is 1. The van der Waals surface area contributed by atoms with E-state index in [0.29, 0.717) is 0 Å². The van der Waals surface area contributed by atoms with Gasteiger partial charge in [-0.1, -0.05) is 18.2 Å². The van der Waals surface area contributed by atoms with Gasteiger partial charge in [-0.25, -0.2) is 0 Å². The molecule has 0 atom stereocenters. The molecule has 7 heteroatoms. The van der Waals surface area contributed by atoms with Crippen LogP contribution in [0.5, 0.6) is 0 Å². The molecule has 1 amide bonds. The molecule has 1 saturated heterocycles. The van der Waals surface area contributed by atoms with Crippen LogP contribution >= 0.6 is 12.2 Å². The van der Waals surface area contributed by atoms with E-state index in [-0.39, 0.29) is 16.4 Å². The second kappa shape index (κ2) is 4.41. The van der Waals surface area contributed by atoms with Gasteiger partial charge in [0.2, 0.25) is 0 Å². The Kier molecular flexibility index (Phi) is 3.08. The molecule has 0 saturated carbocycles. The summed E-state index contributed by atoms with van der Waals surface area (Å²) in [7, 11) is 0. The van der Waals surface area contributed by atoms with Gasteiger partial charge in [-0.2, -0.15) is 13.2 Å². The van der Waals surface area contributed by atoms with E-state index < -0.39 is 17.6 Å². The normalized spacial score (nSPS) is 17.8. The van der Waals surface area contributed by atoms with E-state index in [1.807, 2.05) is 0 Å². The zero-order valence-electron chi connectivity index (χ0n) is 8.84. The van der Waals surface area contributed by atoms with Gasteiger partial charge in [-0.05, 0) is 29.9 Å². The number of hydrogen-bond donors (Lipinski definition) is 2. The Morgan fingerprint density at radius 2 is 1.83 bits per heavy atom. The van der Waals surface area contributed by atoms with E-state index in [9.17, 15) is 18.0 Å². The zero-order chi connectivity index (χ0) is 13.3. The molecule has 18 heavy (non-hydrogen) atoms. The third-order valence-corrected chi connectivity index (χ3v) is 2.49. The first-order chi connectivity index (χ1) is 8.38. The maximum atomic E-state index is 12.7. The summed E-state index contributed by atoms with van der Waals surface area (Å²) in [5.74, 6) is -0.544. The Balaban J connectivity index is 2.44. The van der Waals surface area contributed by atoms with Crippen molar-refractivity contribution in [2.45, 2.75) is 6.18 Å². The fourth-order valence-electron chi connectivity index (χ4n) is 1.52. The Morgan fingerprint density at radius 1 is 1.17 bits per heavy atom.